The zero-order chi connectivity index (χ0) is 13.7. The molecule has 0 spiro atoms. The second-order valence-corrected chi connectivity index (χ2v) is 5.09. The summed E-state index contributed by atoms with van der Waals surface area (Å²) in [6.45, 7) is 22.3. The van der Waals surface area contributed by atoms with Crippen LogP contribution in [0.3, 0.4) is 0 Å². The van der Waals surface area contributed by atoms with Gasteiger partial charge in [-0.15, -0.1) is 0 Å². The Hall–Kier alpha value is -0.287. The molecule has 0 atom stereocenters. The molecule has 1 heteroatoms. The number of rotatable bonds is 1. The molecule has 0 bridgehead atoms. The molecule has 0 N–H and O–H groups in total. The molecule has 0 fully saturated rings. The third-order valence-electron chi connectivity index (χ3n) is 3.33. The maximum absolute atomic E-state index is 5.33. The summed E-state index contributed by atoms with van der Waals surface area (Å²) < 4.78 is 0. The van der Waals surface area contributed by atoms with E-state index in [0.29, 0.717) is 0 Å². The molecule has 1 aromatic rings. The van der Waals surface area contributed by atoms with Gasteiger partial charge in [-0.25, -0.2) is 11.6 Å². The van der Waals surface area contributed by atoms with Crippen molar-refractivity contribution in [2.24, 2.45) is 0 Å². The van der Waals surface area contributed by atoms with Gasteiger partial charge in [0.2, 0.25) is 0 Å². The van der Waals surface area contributed by atoms with E-state index in [4.69, 9.17) is 6.58 Å². The van der Waals surface area contributed by atoms with Gasteiger partial charge < -0.3 is 0 Å². The van der Waals surface area contributed by atoms with Crippen LogP contribution in [0.2, 0.25) is 0 Å². The van der Waals surface area contributed by atoms with Crippen molar-refractivity contribution < 1.29 is 26.2 Å². The standard InChI is InChI=1S/C10H15.C7H11.Zr/c1-6-7(2)9(4)10(5)8(6)3;1-6(2)5-7(3)4;/h1-5H3;1,5H,2-4H3;/q2*-1;+2. The van der Waals surface area contributed by atoms with Crippen LogP contribution >= 0.6 is 0 Å². The molecule has 1 aromatic carbocycles. The minimum absolute atomic E-state index is 0. The van der Waals surface area contributed by atoms with Gasteiger partial charge in [0.15, 0.2) is 0 Å². The predicted molar refractivity (Wildman–Crippen MR) is 78.6 cm³/mol. The molecule has 0 aliphatic heterocycles. The second kappa shape index (κ2) is 8.75. The van der Waals surface area contributed by atoms with E-state index >= 15 is 0 Å². The number of hydrogen-bond donors (Lipinski definition) is 0. The van der Waals surface area contributed by atoms with Gasteiger partial charge in [-0.3, -0.25) is 6.58 Å². The Morgan fingerprint density at radius 1 is 0.944 bits per heavy atom. The van der Waals surface area contributed by atoms with Crippen LogP contribution in [0.15, 0.2) is 17.2 Å². The van der Waals surface area contributed by atoms with Crippen LogP contribution in [0, 0.1) is 41.2 Å². The summed E-state index contributed by atoms with van der Waals surface area (Å²) in [5.74, 6) is 0. The Kier molecular flexibility index (Phi) is 9.74. The van der Waals surface area contributed by atoms with Crippen molar-refractivity contribution in [3.8, 4) is 0 Å². The van der Waals surface area contributed by atoms with Gasteiger partial charge in [0.1, 0.15) is 0 Å². The average molecular weight is 322 g/mol. The maximum atomic E-state index is 5.33. The summed E-state index contributed by atoms with van der Waals surface area (Å²) in [5.41, 5.74) is 9.46. The molecule has 98 valence electrons. The van der Waals surface area contributed by atoms with Crippen molar-refractivity contribution in [2.45, 2.75) is 55.4 Å². The largest absolute Gasteiger partial charge is 2.00 e. The zero-order valence-electron chi connectivity index (χ0n) is 13.2. The van der Waals surface area contributed by atoms with Crippen LogP contribution in [0.4, 0.5) is 0 Å². The summed E-state index contributed by atoms with van der Waals surface area (Å²) in [6, 6.07) is 0. The molecule has 0 nitrogen and oxygen atoms in total. The van der Waals surface area contributed by atoms with E-state index in [1.54, 1.807) is 0 Å². The van der Waals surface area contributed by atoms with Gasteiger partial charge in [-0.1, -0.05) is 55.4 Å². The van der Waals surface area contributed by atoms with E-state index in [1.807, 2.05) is 26.8 Å². The third kappa shape index (κ3) is 6.05. The Morgan fingerprint density at radius 3 is 1.33 bits per heavy atom. The first-order chi connectivity index (χ1) is 7.68. The van der Waals surface area contributed by atoms with Crippen molar-refractivity contribution in [3.63, 3.8) is 0 Å². The van der Waals surface area contributed by atoms with E-state index in [-0.39, 0.29) is 26.2 Å². The minimum atomic E-state index is 0. The Morgan fingerprint density at radius 2 is 1.28 bits per heavy atom. The topological polar surface area (TPSA) is 0 Å². The van der Waals surface area contributed by atoms with Crippen LogP contribution in [-0.4, -0.2) is 0 Å². The van der Waals surface area contributed by atoms with Crippen molar-refractivity contribution >= 4 is 0 Å². The normalized spacial score (nSPS) is 8.89. The quantitative estimate of drug-likeness (QED) is 0.488. The first-order valence-corrected chi connectivity index (χ1v) is 6.12. The van der Waals surface area contributed by atoms with Crippen LogP contribution < -0.4 is 0 Å². The molecule has 0 saturated carbocycles. The minimum Gasteiger partial charge on any atom is -0.290 e. The smallest absolute Gasteiger partial charge is 0.290 e. The molecule has 1 rings (SSSR count). The summed E-state index contributed by atoms with van der Waals surface area (Å²) in [7, 11) is 0. The first-order valence-electron chi connectivity index (χ1n) is 6.12. The summed E-state index contributed by atoms with van der Waals surface area (Å²) >= 11 is 0. The van der Waals surface area contributed by atoms with E-state index in [0.717, 1.165) is 5.57 Å². The van der Waals surface area contributed by atoms with E-state index in [2.05, 4.69) is 34.6 Å². The van der Waals surface area contributed by atoms with Crippen LogP contribution in [0.1, 0.15) is 48.6 Å². The fourth-order valence-electron chi connectivity index (χ4n) is 1.86. The summed E-state index contributed by atoms with van der Waals surface area (Å²) in [4.78, 5) is 0. The van der Waals surface area contributed by atoms with Gasteiger partial charge in [-0.05, 0) is 0 Å². The van der Waals surface area contributed by atoms with E-state index in [9.17, 15) is 0 Å². The molecular formula is C17H26Zr. The van der Waals surface area contributed by atoms with Gasteiger partial charge >= 0.3 is 26.2 Å². The van der Waals surface area contributed by atoms with Crippen molar-refractivity contribution in [1.29, 1.82) is 0 Å². The second-order valence-electron chi connectivity index (χ2n) is 5.09. The van der Waals surface area contributed by atoms with E-state index < -0.39 is 0 Å². The number of hydrogen-bond acceptors (Lipinski definition) is 0. The molecule has 0 saturated heterocycles. The van der Waals surface area contributed by atoms with Gasteiger partial charge in [0.05, 0.1) is 0 Å². The zero-order valence-corrected chi connectivity index (χ0v) is 15.6. The number of allylic oxidation sites excluding steroid dienone is 3. The van der Waals surface area contributed by atoms with Gasteiger partial charge in [0.25, 0.3) is 0 Å². The molecule has 0 aliphatic rings. The summed E-state index contributed by atoms with van der Waals surface area (Å²) in [6.07, 6.45) is 1.94. The molecule has 0 radical (unpaired) electrons. The molecule has 0 amide bonds. The maximum Gasteiger partial charge on any atom is 2.00 e. The first kappa shape index (κ1) is 20.0. The monoisotopic (exact) mass is 320 g/mol. The van der Waals surface area contributed by atoms with E-state index in [1.165, 1.54) is 33.4 Å². The molecule has 0 aromatic heterocycles. The predicted octanol–water partition coefficient (Wildman–Crippen LogP) is 5.28. The third-order valence-corrected chi connectivity index (χ3v) is 3.33. The molecule has 0 heterocycles. The van der Waals surface area contributed by atoms with Crippen LogP contribution in [-0.2, 0) is 26.2 Å². The fraction of sp³-hybridized carbons (Fsp3) is 0.471. The van der Waals surface area contributed by atoms with Gasteiger partial charge in [-0.2, -0.15) is 33.4 Å². The Labute approximate surface area is 133 Å². The van der Waals surface area contributed by atoms with Gasteiger partial charge in [0, 0.05) is 0 Å². The SMILES string of the molecule is Cc1c(C)c(C)[c-](C)c1C.[CH-]=C(C)C=C(C)C.[Zr+2]. The Balaban J connectivity index is 0. The Bertz CT molecular complexity index is 347. The molecular weight excluding hydrogens is 295 g/mol. The van der Waals surface area contributed by atoms with Crippen LogP contribution in [0.25, 0.3) is 0 Å². The fourth-order valence-corrected chi connectivity index (χ4v) is 1.86. The van der Waals surface area contributed by atoms with Crippen LogP contribution in [0.5, 0.6) is 0 Å². The average Bonchev–Trinajstić information content (AvgIpc) is 2.35. The molecule has 0 aliphatic carbocycles. The van der Waals surface area contributed by atoms with Crippen molar-refractivity contribution in [3.05, 3.63) is 51.6 Å². The molecule has 0 unspecified atom stereocenters. The molecule has 18 heavy (non-hydrogen) atoms. The van der Waals surface area contributed by atoms with Crippen molar-refractivity contribution in [2.75, 3.05) is 0 Å². The summed E-state index contributed by atoms with van der Waals surface area (Å²) in [5, 5.41) is 0. The van der Waals surface area contributed by atoms with Crippen molar-refractivity contribution in [1.82, 2.24) is 0 Å².